The molecule has 0 saturated heterocycles. The highest BCUT2D eigenvalue weighted by Gasteiger charge is 2.27. The van der Waals surface area contributed by atoms with Gasteiger partial charge in [-0.2, -0.15) is 5.26 Å². The molecule has 1 amide bonds. The van der Waals surface area contributed by atoms with Crippen molar-refractivity contribution in [3.05, 3.63) is 42.5 Å². The Hall–Kier alpha value is -2.13. The zero-order valence-electron chi connectivity index (χ0n) is 10.5. The molecule has 0 aliphatic rings. The maximum Gasteiger partial charge on any atom is 0.242 e. The number of nitriles is 1. The topological polar surface area (TPSA) is 87.0 Å². The number of amides is 1. The zero-order chi connectivity index (χ0) is 14.5. The molecule has 0 bridgehead atoms. The monoisotopic (exact) mass is 278 g/mol. The van der Waals surface area contributed by atoms with Gasteiger partial charge in [-0.1, -0.05) is 18.2 Å². The second kappa shape index (κ2) is 6.16. The van der Waals surface area contributed by atoms with Gasteiger partial charge in [0, 0.05) is 0 Å². The lowest BCUT2D eigenvalue weighted by atomic mass is 10.2. The second-order valence-corrected chi connectivity index (χ2v) is 6.27. The van der Waals surface area contributed by atoms with E-state index >= 15 is 0 Å². The van der Waals surface area contributed by atoms with Crippen molar-refractivity contribution in [2.24, 2.45) is 0 Å². The quantitative estimate of drug-likeness (QED) is 0.826. The summed E-state index contributed by atoms with van der Waals surface area (Å²) in [6, 6.07) is 8.32. The zero-order valence-corrected chi connectivity index (χ0v) is 11.3. The molecule has 5 nitrogen and oxygen atoms in total. The summed E-state index contributed by atoms with van der Waals surface area (Å²) < 4.78 is 23.4. The summed E-state index contributed by atoms with van der Waals surface area (Å²) in [5.41, 5.74) is 0.583. The number of hydrogen-bond donors (Lipinski definition) is 1. The van der Waals surface area contributed by atoms with Crippen LogP contribution in [0.5, 0.6) is 0 Å². The van der Waals surface area contributed by atoms with E-state index in [1.54, 1.807) is 24.3 Å². The van der Waals surface area contributed by atoms with Crippen molar-refractivity contribution in [3.8, 4) is 6.07 Å². The lowest BCUT2D eigenvalue weighted by Gasteiger charge is -2.12. The molecule has 1 N–H and O–H groups in total. The van der Waals surface area contributed by atoms with Crippen LogP contribution in [0.1, 0.15) is 12.5 Å². The van der Waals surface area contributed by atoms with Crippen molar-refractivity contribution in [1.29, 1.82) is 5.26 Å². The highest BCUT2D eigenvalue weighted by Crippen LogP contribution is 2.15. The van der Waals surface area contributed by atoms with Gasteiger partial charge in [-0.15, -0.1) is 6.58 Å². The number of benzene rings is 1. The molecule has 1 unspecified atom stereocenters. The van der Waals surface area contributed by atoms with Crippen molar-refractivity contribution in [1.82, 2.24) is 0 Å². The van der Waals surface area contributed by atoms with Crippen molar-refractivity contribution >= 4 is 21.4 Å². The van der Waals surface area contributed by atoms with Crippen LogP contribution < -0.4 is 5.32 Å². The van der Waals surface area contributed by atoms with E-state index in [-0.39, 0.29) is 11.3 Å². The molecule has 6 heteroatoms. The van der Waals surface area contributed by atoms with Crippen molar-refractivity contribution < 1.29 is 13.2 Å². The Morgan fingerprint density at radius 2 is 2.16 bits per heavy atom. The standard InChI is InChI=1S/C13H14N2O3S/c1-3-8-19(17,18)10(2)13(16)15-12-7-5-4-6-11(12)9-14/h3-7,10H,1,8H2,2H3,(H,15,16). The Bertz CT molecular complexity index is 630. The molecule has 0 fully saturated rings. The van der Waals surface area contributed by atoms with Crippen molar-refractivity contribution in [3.63, 3.8) is 0 Å². The fraction of sp³-hybridized carbons (Fsp3) is 0.231. The van der Waals surface area contributed by atoms with Crippen LogP contribution in [0, 0.1) is 11.3 Å². The van der Waals surface area contributed by atoms with E-state index in [9.17, 15) is 13.2 Å². The average Bonchev–Trinajstić information content (AvgIpc) is 2.38. The third-order valence-corrected chi connectivity index (χ3v) is 4.56. The smallest absolute Gasteiger partial charge is 0.242 e. The first kappa shape index (κ1) is 14.9. The summed E-state index contributed by atoms with van der Waals surface area (Å²) in [5.74, 6) is -0.925. The molecule has 0 aliphatic heterocycles. The molecular weight excluding hydrogens is 264 g/mol. The minimum absolute atomic E-state index is 0.262. The number of carbonyl (C=O) groups excluding carboxylic acids is 1. The first-order valence-corrected chi connectivity index (χ1v) is 7.26. The molecular formula is C13H14N2O3S. The highest BCUT2D eigenvalue weighted by molar-refractivity contribution is 7.92. The number of hydrogen-bond acceptors (Lipinski definition) is 4. The van der Waals surface area contributed by atoms with E-state index in [1.165, 1.54) is 13.0 Å². The fourth-order valence-corrected chi connectivity index (χ4v) is 2.40. The van der Waals surface area contributed by atoms with Crippen LogP contribution in [0.2, 0.25) is 0 Å². The summed E-state index contributed by atoms with van der Waals surface area (Å²) in [7, 11) is -3.56. The van der Waals surface area contributed by atoms with Crippen LogP contribution in [0.15, 0.2) is 36.9 Å². The molecule has 1 atom stereocenters. The molecule has 0 heterocycles. The maximum absolute atomic E-state index is 11.9. The minimum Gasteiger partial charge on any atom is -0.324 e. The molecule has 0 radical (unpaired) electrons. The number of anilines is 1. The third kappa shape index (κ3) is 3.66. The van der Waals surface area contributed by atoms with Crippen molar-refractivity contribution in [2.75, 3.05) is 11.1 Å². The predicted octanol–water partition coefficient (Wildman–Crippen LogP) is 1.49. The molecule has 0 aromatic heterocycles. The summed E-state index contributed by atoms with van der Waals surface area (Å²) in [4.78, 5) is 11.9. The number of para-hydroxylation sites is 1. The summed E-state index contributed by atoms with van der Waals surface area (Å²) >= 11 is 0. The van der Waals surface area contributed by atoms with Gasteiger partial charge in [-0.05, 0) is 19.1 Å². The summed E-state index contributed by atoms with van der Waals surface area (Å²) in [6.07, 6.45) is 1.24. The molecule has 1 rings (SSSR count). The molecule has 0 saturated carbocycles. The van der Waals surface area contributed by atoms with Gasteiger partial charge in [0.15, 0.2) is 9.84 Å². The molecule has 100 valence electrons. The second-order valence-electron chi connectivity index (χ2n) is 3.91. The van der Waals surface area contributed by atoms with Crippen LogP contribution >= 0.6 is 0 Å². The van der Waals surface area contributed by atoms with E-state index in [0.29, 0.717) is 5.69 Å². The van der Waals surface area contributed by atoms with Crippen LogP contribution in [-0.2, 0) is 14.6 Å². The highest BCUT2D eigenvalue weighted by atomic mass is 32.2. The van der Waals surface area contributed by atoms with E-state index in [4.69, 9.17) is 5.26 Å². The Labute approximate surface area is 112 Å². The van der Waals surface area contributed by atoms with Gasteiger partial charge in [0.2, 0.25) is 5.91 Å². The Morgan fingerprint density at radius 1 is 1.53 bits per heavy atom. The first-order chi connectivity index (χ1) is 8.92. The average molecular weight is 278 g/mol. The number of nitrogens with one attached hydrogen (secondary N) is 1. The van der Waals surface area contributed by atoms with Gasteiger partial charge >= 0.3 is 0 Å². The van der Waals surface area contributed by atoms with E-state index < -0.39 is 21.0 Å². The third-order valence-electron chi connectivity index (χ3n) is 2.56. The minimum atomic E-state index is -3.56. The van der Waals surface area contributed by atoms with Gasteiger partial charge in [-0.25, -0.2) is 8.42 Å². The van der Waals surface area contributed by atoms with E-state index in [2.05, 4.69) is 11.9 Å². The van der Waals surface area contributed by atoms with Crippen LogP contribution in [0.4, 0.5) is 5.69 Å². The van der Waals surface area contributed by atoms with Crippen LogP contribution in [0.25, 0.3) is 0 Å². The Morgan fingerprint density at radius 3 is 2.74 bits per heavy atom. The number of rotatable bonds is 5. The van der Waals surface area contributed by atoms with Gasteiger partial charge < -0.3 is 5.32 Å². The van der Waals surface area contributed by atoms with E-state index in [1.807, 2.05) is 6.07 Å². The van der Waals surface area contributed by atoms with Crippen molar-refractivity contribution in [2.45, 2.75) is 12.2 Å². The predicted molar refractivity (Wildman–Crippen MR) is 73.2 cm³/mol. The molecule has 19 heavy (non-hydrogen) atoms. The van der Waals surface area contributed by atoms with E-state index in [0.717, 1.165) is 0 Å². The van der Waals surface area contributed by atoms with Gasteiger partial charge in [0.05, 0.1) is 17.0 Å². The number of nitrogens with zero attached hydrogens (tertiary/aromatic N) is 1. The Balaban J connectivity index is 2.92. The lowest BCUT2D eigenvalue weighted by Crippen LogP contribution is -2.33. The largest absolute Gasteiger partial charge is 0.324 e. The first-order valence-electron chi connectivity index (χ1n) is 5.55. The summed E-state index contributed by atoms with van der Waals surface area (Å²) in [6.45, 7) is 4.65. The normalized spacial score (nSPS) is 12.2. The SMILES string of the molecule is C=CCS(=O)(=O)C(C)C(=O)Nc1ccccc1C#N. The fourth-order valence-electron chi connectivity index (χ4n) is 1.40. The van der Waals surface area contributed by atoms with Gasteiger partial charge in [0.1, 0.15) is 11.3 Å². The van der Waals surface area contributed by atoms with Crippen LogP contribution in [0.3, 0.4) is 0 Å². The molecule has 1 aromatic rings. The maximum atomic E-state index is 11.9. The lowest BCUT2D eigenvalue weighted by molar-refractivity contribution is -0.115. The summed E-state index contributed by atoms with van der Waals surface area (Å²) in [5, 5.41) is 10.1. The molecule has 0 aliphatic carbocycles. The Kier molecular flexibility index (Phi) is 4.84. The molecule has 0 spiro atoms. The number of carbonyl (C=O) groups is 1. The number of sulfone groups is 1. The van der Waals surface area contributed by atoms with Gasteiger partial charge in [-0.3, -0.25) is 4.79 Å². The van der Waals surface area contributed by atoms with Crippen LogP contribution in [-0.4, -0.2) is 25.3 Å². The molecule has 1 aromatic carbocycles. The van der Waals surface area contributed by atoms with Gasteiger partial charge in [0.25, 0.3) is 0 Å².